The van der Waals surface area contributed by atoms with Gasteiger partial charge >= 0.3 is 0 Å². The molecule has 0 amide bonds. The number of hydrogen-bond acceptors (Lipinski definition) is 9. The molecule has 0 radical (unpaired) electrons. The Labute approximate surface area is 166 Å². The molecule has 2 N–H and O–H groups in total. The molecular formula is C18H21N7S2. The molecule has 0 aliphatic carbocycles. The van der Waals surface area contributed by atoms with Gasteiger partial charge in [-0.1, -0.05) is 13.8 Å². The molecule has 0 saturated carbocycles. The van der Waals surface area contributed by atoms with E-state index in [1.54, 1.807) is 22.7 Å². The van der Waals surface area contributed by atoms with Crippen molar-refractivity contribution in [1.82, 2.24) is 25.3 Å². The molecule has 0 aromatic carbocycles. The fourth-order valence-electron chi connectivity index (χ4n) is 2.65. The van der Waals surface area contributed by atoms with Gasteiger partial charge < -0.3 is 10.6 Å². The van der Waals surface area contributed by atoms with Gasteiger partial charge in [0.05, 0.1) is 11.3 Å². The molecule has 4 heterocycles. The van der Waals surface area contributed by atoms with Crippen LogP contribution in [0.2, 0.25) is 0 Å². The van der Waals surface area contributed by atoms with Crippen LogP contribution >= 0.6 is 22.7 Å². The maximum Gasteiger partial charge on any atom is 0.197 e. The molecule has 1 aliphatic heterocycles. The smallest absolute Gasteiger partial charge is 0.197 e. The molecule has 0 atom stereocenters. The summed E-state index contributed by atoms with van der Waals surface area (Å²) in [6, 6.07) is 0. The first-order chi connectivity index (χ1) is 13.1. The van der Waals surface area contributed by atoms with Crippen LogP contribution in [-0.2, 0) is 0 Å². The highest BCUT2D eigenvalue weighted by Crippen LogP contribution is 2.31. The molecule has 0 unspecified atom stereocenters. The summed E-state index contributed by atoms with van der Waals surface area (Å²) in [7, 11) is 0. The van der Waals surface area contributed by atoms with E-state index in [0.29, 0.717) is 5.92 Å². The van der Waals surface area contributed by atoms with Crippen LogP contribution in [0, 0.1) is 6.92 Å². The number of rotatable bonds is 4. The van der Waals surface area contributed by atoms with Crippen LogP contribution in [0.4, 0.5) is 5.13 Å². The SMILES string of the molecule is Cc1nc(C(C)C)ncc1-c1nc(-c2csc(NC3=NCCCN3)n2)cs1. The van der Waals surface area contributed by atoms with E-state index in [1.165, 1.54) is 0 Å². The molecule has 0 fully saturated rings. The number of anilines is 1. The third kappa shape index (κ3) is 3.98. The van der Waals surface area contributed by atoms with Gasteiger partial charge in [0, 0.05) is 36.0 Å². The summed E-state index contributed by atoms with van der Waals surface area (Å²) in [6.07, 6.45) is 2.94. The van der Waals surface area contributed by atoms with Gasteiger partial charge in [-0.15, -0.1) is 22.7 Å². The molecule has 3 aromatic heterocycles. The quantitative estimate of drug-likeness (QED) is 0.691. The number of nitrogens with one attached hydrogen (secondary N) is 2. The zero-order valence-electron chi connectivity index (χ0n) is 15.5. The maximum absolute atomic E-state index is 4.76. The Kier molecular flexibility index (Phi) is 5.13. The minimum absolute atomic E-state index is 0.314. The second-order valence-electron chi connectivity index (χ2n) is 6.59. The van der Waals surface area contributed by atoms with Crippen molar-refractivity contribution in [3.63, 3.8) is 0 Å². The molecule has 0 spiro atoms. The van der Waals surface area contributed by atoms with Gasteiger partial charge in [0.15, 0.2) is 11.1 Å². The van der Waals surface area contributed by atoms with E-state index in [0.717, 1.165) is 64.1 Å². The van der Waals surface area contributed by atoms with Gasteiger partial charge in [0.2, 0.25) is 0 Å². The first-order valence-corrected chi connectivity index (χ1v) is 10.7. The lowest BCUT2D eigenvalue weighted by molar-refractivity contribution is 0.740. The zero-order valence-corrected chi connectivity index (χ0v) is 17.1. The molecule has 140 valence electrons. The highest BCUT2D eigenvalue weighted by molar-refractivity contribution is 7.14. The molecule has 3 aromatic rings. The Morgan fingerprint density at radius 1 is 1.11 bits per heavy atom. The first kappa shape index (κ1) is 18.0. The molecule has 4 rings (SSSR count). The lowest BCUT2D eigenvalue weighted by atomic mass is 10.2. The fourth-order valence-corrected chi connectivity index (χ4v) is 4.23. The Hall–Kier alpha value is -2.39. The molecular weight excluding hydrogens is 378 g/mol. The standard InChI is InChI=1S/C18H21N7S2/c1-10(2)15-21-7-12(11(3)22-15)16-23-13(8-26-16)14-9-27-18(24-14)25-17-19-5-4-6-20-17/h7-10H,4-6H2,1-3H3,(H2,19,20,24,25). The van der Waals surface area contributed by atoms with Crippen LogP contribution in [0.1, 0.15) is 37.7 Å². The highest BCUT2D eigenvalue weighted by atomic mass is 32.1. The molecule has 0 saturated heterocycles. The Bertz CT molecular complexity index is 974. The van der Waals surface area contributed by atoms with Crippen molar-refractivity contribution in [1.29, 1.82) is 0 Å². The van der Waals surface area contributed by atoms with Gasteiger partial charge in [-0.25, -0.2) is 19.9 Å². The number of aromatic nitrogens is 4. The van der Waals surface area contributed by atoms with Crippen molar-refractivity contribution in [2.45, 2.75) is 33.1 Å². The number of thiazole rings is 2. The van der Waals surface area contributed by atoms with E-state index in [2.05, 4.69) is 44.4 Å². The van der Waals surface area contributed by atoms with Gasteiger partial charge in [-0.3, -0.25) is 4.99 Å². The molecule has 27 heavy (non-hydrogen) atoms. The Balaban J connectivity index is 1.54. The third-order valence-corrected chi connectivity index (χ3v) is 5.77. The summed E-state index contributed by atoms with van der Waals surface area (Å²) in [5.74, 6) is 1.97. The number of hydrogen-bond donors (Lipinski definition) is 2. The average Bonchev–Trinajstić information content (AvgIpc) is 3.32. The van der Waals surface area contributed by atoms with Crippen molar-refractivity contribution in [2.24, 2.45) is 4.99 Å². The Morgan fingerprint density at radius 2 is 1.93 bits per heavy atom. The predicted octanol–water partition coefficient (Wildman–Crippen LogP) is 3.92. The normalized spacial score (nSPS) is 14.1. The summed E-state index contributed by atoms with van der Waals surface area (Å²) >= 11 is 3.14. The lowest BCUT2D eigenvalue weighted by Gasteiger charge is -2.13. The van der Waals surface area contributed by atoms with Gasteiger partial charge in [0.25, 0.3) is 0 Å². The average molecular weight is 400 g/mol. The second kappa shape index (κ2) is 7.69. The van der Waals surface area contributed by atoms with Crippen molar-refractivity contribution < 1.29 is 0 Å². The monoisotopic (exact) mass is 399 g/mol. The number of aryl methyl sites for hydroxylation is 1. The summed E-state index contributed by atoms with van der Waals surface area (Å²) in [5.41, 5.74) is 3.66. The fraction of sp³-hybridized carbons (Fsp3) is 0.389. The van der Waals surface area contributed by atoms with E-state index < -0.39 is 0 Å². The first-order valence-electron chi connectivity index (χ1n) is 8.91. The van der Waals surface area contributed by atoms with Crippen molar-refractivity contribution >= 4 is 33.8 Å². The predicted molar refractivity (Wildman–Crippen MR) is 112 cm³/mol. The van der Waals surface area contributed by atoms with Crippen LogP contribution in [-0.4, -0.2) is 39.0 Å². The minimum atomic E-state index is 0.314. The number of aliphatic imine (C=N–C) groups is 1. The summed E-state index contributed by atoms with van der Waals surface area (Å²) in [4.78, 5) is 22.9. The van der Waals surface area contributed by atoms with E-state index in [4.69, 9.17) is 4.98 Å². The Morgan fingerprint density at radius 3 is 2.67 bits per heavy atom. The summed E-state index contributed by atoms with van der Waals surface area (Å²) in [6.45, 7) is 7.99. The zero-order chi connectivity index (χ0) is 18.8. The van der Waals surface area contributed by atoms with E-state index in [1.807, 2.05) is 23.9 Å². The van der Waals surface area contributed by atoms with E-state index >= 15 is 0 Å². The highest BCUT2D eigenvalue weighted by Gasteiger charge is 2.15. The minimum Gasteiger partial charge on any atom is -0.356 e. The number of guanidine groups is 1. The van der Waals surface area contributed by atoms with Crippen molar-refractivity contribution in [3.05, 3.63) is 28.5 Å². The van der Waals surface area contributed by atoms with Crippen LogP contribution < -0.4 is 10.6 Å². The molecule has 0 bridgehead atoms. The summed E-state index contributed by atoms with van der Waals surface area (Å²) < 4.78 is 0. The van der Waals surface area contributed by atoms with Gasteiger partial charge in [-0.05, 0) is 13.3 Å². The van der Waals surface area contributed by atoms with Crippen LogP contribution in [0.15, 0.2) is 21.9 Å². The van der Waals surface area contributed by atoms with Crippen LogP contribution in [0.25, 0.3) is 22.0 Å². The topological polar surface area (TPSA) is 88.0 Å². The summed E-state index contributed by atoms with van der Waals surface area (Å²) in [5, 5.41) is 12.2. The third-order valence-electron chi connectivity index (χ3n) is 4.14. The lowest BCUT2D eigenvalue weighted by Crippen LogP contribution is -2.35. The van der Waals surface area contributed by atoms with Gasteiger partial charge in [0.1, 0.15) is 22.2 Å². The van der Waals surface area contributed by atoms with E-state index in [-0.39, 0.29) is 0 Å². The molecule has 1 aliphatic rings. The van der Waals surface area contributed by atoms with Crippen LogP contribution in [0.5, 0.6) is 0 Å². The maximum atomic E-state index is 4.76. The largest absolute Gasteiger partial charge is 0.356 e. The molecule has 7 nitrogen and oxygen atoms in total. The van der Waals surface area contributed by atoms with Crippen molar-refractivity contribution in [3.8, 4) is 22.0 Å². The van der Waals surface area contributed by atoms with Gasteiger partial charge in [-0.2, -0.15) is 0 Å². The number of nitrogens with zero attached hydrogens (tertiary/aromatic N) is 5. The van der Waals surface area contributed by atoms with Crippen LogP contribution in [0.3, 0.4) is 0 Å². The van der Waals surface area contributed by atoms with Crippen molar-refractivity contribution in [2.75, 3.05) is 18.4 Å². The second-order valence-corrected chi connectivity index (χ2v) is 8.31. The molecule has 9 heteroatoms. The van der Waals surface area contributed by atoms with E-state index in [9.17, 15) is 0 Å².